The Morgan fingerprint density at radius 3 is 2.57 bits per heavy atom. The van der Waals surface area contributed by atoms with E-state index in [1.165, 1.54) is 25.7 Å². The molecular weight excluding hydrogens is 260 g/mol. The van der Waals surface area contributed by atoms with Crippen molar-refractivity contribution >= 4 is 0 Å². The van der Waals surface area contributed by atoms with Crippen LogP contribution in [0.25, 0.3) is 0 Å². The molecule has 1 aliphatic carbocycles. The fourth-order valence-electron chi connectivity index (χ4n) is 4.24. The van der Waals surface area contributed by atoms with Crippen molar-refractivity contribution in [2.75, 3.05) is 20.2 Å². The molecule has 21 heavy (non-hydrogen) atoms. The van der Waals surface area contributed by atoms with Crippen molar-refractivity contribution < 1.29 is 4.74 Å². The van der Waals surface area contributed by atoms with Crippen LogP contribution < -0.4 is 5.32 Å². The fraction of sp³-hybridized carbons (Fsp3) is 1.00. The van der Waals surface area contributed by atoms with E-state index in [0.29, 0.717) is 29.6 Å². The van der Waals surface area contributed by atoms with Crippen molar-refractivity contribution in [3.63, 3.8) is 0 Å². The molecule has 0 spiro atoms. The lowest BCUT2D eigenvalue weighted by atomic mass is 9.67. The van der Waals surface area contributed by atoms with Crippen LogP contribution in [0.2, 0.25) is 0 Å². The Labute approximate surface area is 131 Å². The number of hydrogen-bond acceptors (Lipinski definition) is 3. The molecular formula is C18H36N2O. The minimum Gasteiger partial charge on any atom is -0.376 e. The predicted octanol–water partition coefficient (Wildman–Crippen LogP) is 3.29. The Hall–Kier alpha value is -0.120. The van der Waals surface area contributed by atoms with Crippen LogP contribution in [0.1, 0.15) is 60.3 Å². The van der Waals surface area contributed by atoms with Crippen LogP contribution in [0.4, 0.5) is 0 Å². The molecule has 1 N–H and O–H groups in total. The number of hydrogen-bond donors (Lipinski definition) is 1. The van der Waals surface area contributed by atoms with E-state index in [4.69, 9.17) is 4.74 Å². The number of likely N-dealkylation sites (N-methyl/N-ethyl adjacent to an activating group) is 1. The first-order chi connectivity index (χ1) is 9.89. The second kappa shape index (κ2) is 6.97. The molecule has 1 saturated carbocycles. The van der Waals surface area contributed by atoms with Gasteiger partial charge in [-0.3, -0.25) is 4.90 Å². The van der Waals surface area contributed by atoms with Gasteiger partial charge in [0.15, 0.2) is 0 Å². The second-order valence-electron chi connectivity index (χ2n) is 8.00. The van der Waals surface area contributed by atoms with E-state index in [1.807, 2.05) is 0 Å². The van der Waals surface area contributed by atoms with Crippen LogP contribution in [0.15, 0.2) is 0 Å². The summed E-state index contributed by atoms with van der Waals surface area (Å²) in [6, 6.07) is 1.85. The molecule has 3 nitrogen and oxygen atoms in total. The van der Waals surface area contributed by atoms with Gasteiger partial charge in [-0.25, -0.2) is 0 Å². The minimum absolute atomic E-state index is 0.373. The van der Waals surface area contributed by atoms with Crippen molar-refractivity contribution in [1.29, 1.82) is 0 Å². The molecule has 2 fully saturated rings. The Morgan fingerprint density at radius 1 is 1.24 bits per heavy atom. The molecule has 0 radical (unpaired) electrons. The smallest absolute Gasteiger partial charge is 0.0674 e. The molecule has 2 rings (SSSR count). The first-order valence-corrected chi connectivity index (χ1v) is 8.93. The summed E-state index contributed by atoms with van der Waals surface area (Å²) in [4.78, 5) is 2.73. The largest absolute Gasteiger partial charge is 0.376 e. The van der Waals surface area contributed by atoms with E-state index in [0.717, 1.165) is 19.1 Å². The predicted molar refractivity (Wildman–Crippen MR) is 89.6 cm³/mol. The van der Waals surface area contributed by atoms with Crippen molar-refractivity contribution in [3.05, 3.63) is 0 Å². The molecule has 2 aliphatic rings. The summed E-state index contributed by atoms with van der Waals surface area (Å²) in [6.45, 7) is 13.8. The molecule has 0 amide bonds. The Balaban J connectivity index is 2.12. The molecule has 0 aromatic rings. The molecule has 1 saturated heterocycles. The van der Waals surface area contributed by atoms with E-state index in [2.05, 4.69) is 51.9 Å². The zero-order chi connectivity index (χ0) is 15.6. The van der Waals surface area contributed by atoms with Gasteiger partial charge in [-0.15, -0.1) is 0 Å². The normalized spacial score (nSPS) is 39.4. The third-order valence-corrected chi connectivity index (χ3v) is 6.29. The molecule has 0 aromatic heterocycles. The van der Waals surface area contributed by atoms with Gasteiger partial charge in [0.05, 0.1) is 12.7 Å². The summed E-state index contributed by atoms with van der Waals surface area (Å²) >= 11 is 0. The van der Waals surface area contributed by atoms with Gasteiger partial charge < -0.3 is 10.1 Å². The summed E-state index contributed by atoms with van der Waals surface area (Å²) < 4.78 is 5.83. The quantitative estimate of drug-likeness (QED) is 0.861. The zero-order valence-electron chi connectivity index (χ0n) is 15.0. The average molecular weight is 296 g/mol. The van der Waals surface area contributed by atoms with E-state index in [-0.39, 0.29) is 0 Å². The van der Waals surface area contributed by atoms with Crippen LogP contribution in [0.3, 0.4) is 0 Å². The summed E-state index contributed by atoms with van der Waals surface area (Å²) in [7, 11) is 2.14. The van der Waals surface area contributed by atoms with Gasteiger partial charge in [0.2, 0.25) is 0 Å². The van der Waals surface area contributed by atoms with Gasteiger partial charge in [-0.2, -0.15) is 0 Å². The van der Waals surface area contributed by atoms with Crippen molar-refractivity contribution in [2.24, 2.45) is 11.3 Å². The van der Waals surface area contributed by atoms with Crippen LogP contribution in [0.5, 0.6) is 0 Å². The number of rotatable bonds is 4. The SMILES string of the molecule is CCC(C)(C)C1CCC(NC)C(N2CC(C)OCC2C)C1. The van der Waals surface area contributed by atoms with Gasteiger partial charge >= 0.3 is 0 Å². The third-order valence-electron chi connectivity index (χ3n) is 6.29. The summed E-state index contributed by atoms with van der Waals surface area (Å²) in [5.41, 5.74) is 0.470. The van der Waals surface area contributed by atoms with E-state index < -0.39 is 0 Å². The zero-order valence-corrected chi connectivity index (χ0v) is 15.0. The summed E-state index contributed by atoms with van der Waals surface area (Å²) in [5.74, 6) is 0.849. The lowest BCUT2D eigenvalue weighted by Crippen LogP contribution is -2.60. The van der Waals surface area contributed by atoms with Crippen molar-refractivity contribution in [3.8, 4) is 0 Å². The van der Waals surface area contributed by atoms with E-state index in [9.17, 15) is 0 Å². The molecule has 124 valence electrons. The molecule has 1 aliphatic heterocycles. The van der Waals surface area contributed by atoms with Gasteiger partial charge in [0, 0.05) is 24.7 Å². The van der Waals surface area contributed by atoms with Crippen molar-refractivity contribution in [2.45, 2.75) is 84.5 Å². The van der Waals surface area contributed by atoms with Gasteiger partial charge in [-0.1, -0.05) is 27.2 Å². The van der Waals surface area contributed by atoms with Gasteiger partial charge in [0.1, 0.15) is 0 Å². The first kappa shape index (κ1) is 17.2. The maximum Gasteiger partial charge on any atom is 0.0674 e. The second-order valence-corrected chi connectivity index (χ2v) is 8.00. The topological polar surface area (TPSA) is 24.5 Å². The van der Waals surface area contributed by atoms with Crippen LogP contribution in [0, 0.1) is 11.3 Å². The summed E-state index contributed by atoms with van der Waals surface area (Å²) in [5, 5.41) is 3.59. The molecule has 1 heterocycles. The van der Waals surface area contributed by atoms with Crippen LogP contribution in [-0.4, -0.2) is 49.3 Å². The Kier molecular flexibility index (Phi) is 5.72. The maximum absolute atomic E-state index is 5.83. The Morgan fingerprint density at radius 2 is 1.95 bits per heavy atom. The highest BCUT2D eigenvalue weighted by atomic mass is 16.5. The highest BCUT2D eigenvalue weighted by Crippen LogP contribution is 2.42. The Bertz CT molecular complexity index is 331. The lowest BCUT2D eigenvalue weighted by molar-refractivity contribution is -0.0841. The molecule has 0 aromatic carbocycles. The minimum atomic E-state index is 0.373. The molecule has 5 atom stereocenters. The van der Waals surface area contributed by atoms with Crippen LogP contribution >= 0.6 is 0 Å². The third kappa shape index (κ3) is 3.80. The molecule has 0 bridgehead atoms. The van der Waals surface area contributed by atoms with Gasteiger partial charge in [-0.05, 0) is 51.5 Å². The van der Waals surface area contributed by atoms with E-state index in [1.54, 1.807) is 0 Å². The van der Waals surface area contributed by atoms with Crippen molar-refractivity contribution in [1.82, 2.24) is 10.2 Å². The fourth-order valence-corrected chi connectivity index (χ4v) is 4.24. The number of nitrogens with zero attached hydrogens (tertiary/aromatic N) is 1. The molecule has 3 heteroatoms. The standard InChI is InChI=1S/C18H36N2O/c1-7-18(4,5)15-8-9-16(19-6)17(10-15)20-11-14(3)21-12-13(20)2/h13-17,19H,7-12H2,1-6H3. The average Bonchev–Trinajstić information content (AvgIpc) is 2.49. The maximum atomic E-state index is 5.83. The number of morpholine rings is 1. The molecule has 5 unspecified atom stereocenters. The highest BCUT2D eigenvalue weighted by molar-refractivity contribution is 4.96. The summed E-state index contributed by atoms with van der Waals surface area (Å²) in [6.07, 6.45) is 5.68. The highest BCUT2D eigenvalue weighted by Gasteiger charge is 2.41. The van der Waals surface area contributed by atoms with E-state index >= 15 is 0 Å². The monoisotopic (exact) mass is 296 g/mol. The van der Waals surface area contributed by atoms with Crippen LogP contribution in [-0.2, 0) is 4.74 Å². The lowest BCUT2D eigenvalue weighted by Gasteiger charge is -2.50. The number of nitrogens with one attached hydrogen (secondary N) is 1. The van der Waals surface area contributed by atoms with Gasteiger partial charge in [0.25, 0.3) is 0 Å². The number of ether oxygens (including phenoxy) is 1. The first-order valence-electron chi connectivity index (χ1n) is 8.93.